The van der Waals surface area contributed by atoms with Crippen LogP contribution in [0.3, 0.4) is 0 Å². The van der Waals surface area contributed by atoms with Crippen LogP contribution in [0, 0.1) is 5.82 Å². The summed E-state index contributed by atoms with van der Waals surface area (Å²) in [6, 6.07) is 2.64. The normalized spacial score (nSPS) is 14.1. The lowest BCUT2D eigenvalue weighted by Crippen LogP contribution is -2.30. The Kier molecular flexibility index (Phi) is 6.15. The fourth-order valence-electron chi connectivity index (χ4n) is 1.61. The standard InChI is InChI=1S/C12H17ClFNO4S2/c1-3-4-9(13)8-15-21(18,19)12-7-10(20(2,16)17)5-6-11(12)14/h5-7,9,15H,3-4,8H2,1-2H3. The molecule has 1 unspecified atom stereocenters. The summed E-state index contributed by atoms with van der Waals surface area (Å²) in [5, 5.41) is -0.411. The van der Waals surface area contributed by atoms with Gasteiger partial charge in [-0.1, -0.05) is 13.3 Å². The van der Waals surface area contributed by atoms with Gasteiger partial charge in [0, 0.05) is 18.2 Å². The molecule has 9 heteroatoms. The van der Waals surface area contributed by atoms with Crippen LogP contribution in [0.15, 0.2) is 28.0 Å². The van der Waals surface area contributed by atoms with E-state index in [0.717, 1.165) is 30.9 Å². The van der Waals surface area contributed by atoms with E-state index in [0.29, 0.717) is 6.42 Å². The lowest BCUT2D eigenvalue weighted by molar-refractivity contribution is 0.552. The lowest BCUT2D eigenvalue weighted by Gasteiger charge is -2.11. The van der Waals surface area contributed by atoms with Gasteiger partial charge in [-0.25, -0.2) is 25.9 Å². The van der Waals surface area contributed by atoms with Gasteiger partial charge in [-0.05, 0) is 24.6 Å². The molecule has 1 aromatic rings. The molecule has 0 aliphatic heterocycles. The smallest absolute Gasteiger partial charge is 0.224 e. The number of nitrogens with one attached hydrogen (secondary N) is 1. The number of benzene rings is 1. The van der Waals surface area contributed by atoms with E-state index >= 15 is 0 Å². The molecule has 0 aromatic heterocycles. The molecule has 0 aliphatic carbocycles. The number of halogens is 2. The highest BCUT2D eigenvalue weighted by Gasteiger charge is 2.22. The third-order valence-electron chi connectivity index (χ3n) is 2.72. The second kappa shape index (κ2) is 7.04. The van der Waals surface area contributed by atoms with Gasteiger partial charge >= 0.3 is 0 Å². The first-order valence-corrected chi connectivity index (χ1v) is 10.0. The Labute approximate surface area is 129 Å². The molecule has 1 N–H and O–H groups in total. The second-order valence-corrected chi connectivity index (χ2v) is 8.97. The first kappa shape index (κ1) is 18.3. The summed E-state index contributed by atoms with van der Waals surface area (Å²) in [4.78, 5) is -0.967. The number of sulfonamides is 1. The van der Waals surface area contributed by atoms with Crippen LogP contribution < -0.4 is 4.72 Å². The van der Waals surface area contributed by atoms with E-state index < -0.39 is 36.0 Å². The number of sulfone groups is 1. The zero-order valence-electron chi connectivity index (χ0n) is 11.6. The van der Waals surface area contributed by atoms with E-state index in [9.17, 15) is 21.2 Å². The Bertz CT molecular complexity index is 704. The lowest BCUT2D eigenvalue weighted by atomic mass is 10.2. The van der Waals surface area contributed by atoms with Gasteiger partial charge in [-0.15, -0.1) is 11.6 Å². The molecule has 5 nitrogen and oxygen atoms in total. The molecule has 120 valence electrons. The number of alkyl halides is 1. The van der Waals surface area contributed by atoms with E-state index in [4.69, 9.17) is 11.6 Å². The average Bonchev–Trinajstić information content (AvgIpc) is 2.36. The topological polar surface area (TPSA) is 80.3 Å². The molecule has 1 rings (SSSR count). The van der Waals surface area contributed by atoms with Crippen molar-refractivity contribution in [2.45, 2.75) is 34.9 Å². The van der Waals surface area contributed by atoms with Crippen LogP contribution in [0.4, 0.5) is 4.39 Å². The van der Waals surface area contributed by atoms with Crippen LogP contribution in [0.25, 0.3) is 0 Å². The van der Waals surface area contributed by atoms with Gasteiger partial charge in [-0.3, -0.25) is 0 Å². The summed E-state index contributed by atoms with van der Waals surface area (Å²) in [6.45, 7) is 1.85. The molecule has 1 aromatic carbocycles. The Morgan fingerprint density at radius 3 is 2.43 bits per heavy atom. The van der Waals surface area contributed by atoms with Crippen molar-refractivity contribution in [1.82, 2.24) is 4.72 Å². The maximum absolute atomic E-state index is 13.7. The van der Waals surface area contributed by atoms with Gasteiger partial charge in [-0.2, -0.15) is 0 Å². The van der Waals surface area contributed by atoms with Crippen molar-refractivity contribution in [2.75, 3.05) is 12.8 Å². The fraction of sp³-hybridized carbons (Fsp3) is 0.500. The average molecular weight is 358 g/mol. The first-order chi connectivity index (χ1) is 9.58. The van der Waals surface area contributed by atoms with E-state index in [1.54, 1.807) is 0 Å². The minimum Gasteiger partial charge on any atom is -0.224 e. The monoisotopic (exact) mass is 357 g/mol. The molecule has 0 radical (unpaired) electrons. The summed E-state index contributed by atoms with van der Waals surface area (Å²) in [6.07, 6.45) is 2.31. The summed E-state index contributed by atoms with van der Waals surface area (Å²) in [7, 11) is -7.79. The van der Waals surface area contributed by atoms with Gasteiger partial charge < -0.3 is 0 Å². The maximum Gasteiger partial charge on any atom is 0.243 e. The SMILES string of the molecule is CCCC(Cl)CNS(=O)(=O)c1cc(S(C)(=O)=O)ccc1F. The van der Waals surface area contributed by atoms with Gasteiger partial charge in [0.05, 0.1) is 4.90 Å². The Morgan fingerprint density at radius 1 is 1.29 bits per heavy atom. The number of hydrogen-bond acceptors (Lipinski definition) is 4. The molecule has 0 fully saturated rings. The fourth-order valence-corrected chi connectivity index (χ4v) is 3.91. The van der Waals surface area contributed by atoms with Crippen molar-refractivity contribution < 1.29 is 21.2 Å². The van der Waals surface area contributed by atoms with Crippen molar-refractivity contribution in [3.05, 3.63) is 24.0 Å². The molecule has 0 aliphatic rings. The first-order valence-electron chi connectivity index (χ1n) is 6.21. The zero-order chi connectivity index (χ0) is 16.3. The Morgan fingerprint density at radius 2 is 1.90 bits per heavy atom. The van der Waals surface area contributed by atoms with Gasteiger partial charge in [0.2, 0.25) is 10.0 Å². The summed E-state index contributed by atoms with van der Waals surface area (Å²) in [5.74, 6) is -1.02. The quantitative estimate of drug-likeness (QED) is 0.597. The van der Waals surface area contributed by atoms with Crippen LogP contribution >= 0.6 is 11.6 Å². The molecule has 0 spiro atoms. The van der Waals surface area contributed by atoms with Crippen molar-refractivity contribution in [2.24, 2.45) is 0 Å². The minimum absolute atomic E-state index is 0.0553. The molecule has 1 atom stereocenters. The second-order valence-electron chi connectivity index (χ2n) is 4.60. The van der Waals surface area contributed by atoms with Crippen LogP contribution in [0.1, 0.15) is 19.8 Å². The highest BCUT2D eigenvalue weighted by molar-refractivity contribution is 7.91. The largest absolute Gasteiger partial charge is 0.243 e. The van der Waals surface area contributed by atoms with Crippen LogP contribution in [-0.4, -0.2) is 35.0 Å². The molecular weight excluding hydrogens is 341 g/mol. The van der Waals surface area contributed by atoms with E-state index in [1.165, 1.54) is 0 Å². The molecular formula is C12H17ClFNO4S2. The van der Waals surface area contributed by atoms with Crippen LogP contribution in [-0.2, 0) is 19.9 Å². The molecule has 0 heterocycles. The maximum atomic E-state index is 13.7. The molecule has 0 bridgehead atoms. The molecule has 0 amide bonds. The summed E-state index contributed by atoms with van der Waals surface area (Å²) in [5.41, 5.74) is 0. The minimum atomic E-state index is -4.16. The zero-order valence-corrected chi connectivity index (χ0v) is 14.0. The van der Waals surface area contributed by atoms with E-state index in [1.807, 2.05) is 6.92 Å². The Hall–Kier alpha value is -0.700. The third-order valence-corrected chi connectivity index (χ3v) is 5.64. The predicted molar refractivity (Wildman–Crippen MR) is 79.2 cm³/mol. The van der Waals surface area contributed by atoms with E-state index in [2.05, 4.69) is 4.72 Å². The van der Waals surface area contributed by atoms with Crippen LogP contribution in [0.5, 0.6) is 0 Å². The van der Waals surface area contributed by atoms with Gasteiger partial charge in [0.15, 0.2) is 9.84 Å². The predicted octanol–water partition coefficient (Wildman–Crippen LogP) is 1.92. The van der Waals surface area contributed by atoms with Crippen molar-refractivity contribution >= 4 is 31.5 Å². The van der Waals surface area contributed by atoms with Crippen molar-refractivity contribution in [1.29, 1.82) is 0 Å². The molecule has 0 saturated heterocycles. The third kappa shape index (κ3) is 5.21. The van der Waals surface area contributed by atoms with Crippen LogP contribution in [0.2, 0.25) is 0 Å². The summed E-state index contributed by atoms with van der Waals surface area (Å²) >= 11 is 5.90. The Balaban J connectivity index is 3.08. The summed E-state index contributed by atoms with van der Waals surface area (Å²) < 4.78 is 62.8. The molecule has 21 heavy (non-hydrogen) atoms. The molecule has 0 saturated carbocycles. The number of hydrogen-bond donors (Lipinski definition) is 1. The highest BCUT2D eigenvalue weighted by atomic mass is 35.5. The van der Waals surface area contributed by atoms with Gasteiger partial charge in [0.25, 0.3) is 0 Å². The van der Waals surface area contributed by atoms with Gasteiger partial charge in [0.1, 0.15) is 10.7 Å². The van der Waals surface area contributed by atoms with E-state index in [-0.39, 0.29) is 11.4 Å². The number of rotatable bonds is 7. The van der Waals surface area contributed by atoms with Crippen molar-refractivity contribution in [3.63, 3.8) is 0 Å². The van der Waals surface area contributed by atoms with Crippen molar-refractivity contribution in [3.8, 4) is 0 Å². The highest BCUT2D eigenvalue weighted by Crippen LogP contribution is 2.19.